The highest BCUT2D eigenvalue weighted by Gasteiger charge is 2.34. The zero-order chi connectivity index (χ0) is 18.6. The van der Waals surface area contributed by atoms with Gasteiger partial charge in [-0.1, -0.05) is 12.1 Å². The lowest BCUT2D eigenvalue weighted by Gasteiger charge is -2.18. The third kappa shape index (κ3) is 5.37. The molecule has 3 aliphatic rings. The molecule has 1 atom stereocenters. The van der Waals surface area contributed by atoms with Crippen LogP contribution in [0.2, 0.25) is 0 Å². The summed E-state index contributed by atoms with van der Waals surface area (Å²) in [7, 11) is 1.82. The topological polar surface area (TPSA) is 60.0 Å². The van der Waals surface area contributed by atoms with Crippen molar-refractivity contribution in [1.82, 2.24) is 15.5 Å². The molecule has 2 aliphatic heterocycles. The molecule has 0 aromatic heterocycles. The highest BCUT2D eigenvalue weighted by molar-refractivity contribution is 14.0. The Labute approximate surface area is 185 Å². The Morgan fingerprint density at radius 3 is 2.57 bits per heavy atom. The van der Waals surface area contributed by atoms with Gasteiger partial charge in [-0.05, 0) is 55.8 Å². The number of rotatable bonds is 6. The maximum Gasteiger partial charge on any atom is 0.227 e. The van der Waals surface area contributed by atoms with Gasteiger partial charge >= 0.3 is 0 Å². The summed E-state index contributed by atoms with van der Waals surface area (Å²) in [5.41, 5.74) is 2.19. The van der Waals surface area contributed by atoms with Gasteiger partial charge in [-0.2, -0.15) is 0 Å². The Morgan fingerprint density at radius 2 is 1.93 bits per heavy atom. The minimum atomic E-state index is 0. The third-order valence-electron chi connectivity index (χ3n) is 5.94. The van der Waals surface area contributed by atoms with E-state index in [-0.39, 0.29) is 29.9 Å². The molecule has 0 radical (unpaired) electrons. The van der Waals surface area contributed by atoms with Gasteiger partial charge in [0.2, 0.25) is 5.91 Å². The number of carbonyl (C=O) groups is 1. The van der Waals surface area contributed by atoms with Gasteiger partial charge in [0.05, 0.1) is 0 Å². The quantitative estimate of drug-likeness (QED) is 0.361. The summed E-state index contributed by atoms with van der Waals surface area (Å²) >= 11 is 0. The maximum atomic E-state index is 11.8. The van der Waals surface area contributed by atoms with E-state index in [1.54, 1.807) is 0 Å². The number of anilines is 1. The lowest BCUT2D eigenvalue weighted by Crippen LogP contribution is -2.40. The number of guanidine groups is 1. The SMILES string of the molecule is CN=C(NCc1ccc(N2CCCC2=O)cc1)NCC1CCN(C2CC2)C1.I. The average molecular weight is 497 g/mol. The third-order valence-corrected chi connectivity index (χ3v) is 5.94. The summed E-state index contributed by atoms with van der Waals surface area (Å²) in [4.78, 5) is 20.7. The van der Waals surface area contributed by atoms with Gasteiger partial charge in [-0.25, -0.2) is 0 Å². The van der Waals surface area contributed by atoms with Gasteiger partial charge in [0.1, 0.15) is 0 Å². The van der Waals surface area contributed by atoms with Crippen LogP contribution in [0.25, 0.3) is 0 Å². The Balaban J connectivity index is 0.00000225. The number of halogens is 1. The summed E-state index contributed by atoms with van der Waals surface area (Å²) in [6, 6.07) is 9.14. The summed E-state index contributed by atoms with van der Waals surface area (Å²) in [6.45, 7) is 5.04. The van der Waals surface area contributed by atoms with Crippen LogP contribution >= 0.6 is 24.0 Å². The largest absolute Gasteiger partial charge is 0.356 e. The van der Waals surface area contributed by atoms with E-state index < -0.39 is 0 Å². The van der Waals surface area contributed by atoms with Gasteiger partial charge in [0.25, 0.3) is 0 Å². The number of nitrogens with zero attached hydrogens (tertiary/aromatic N) is 3. The first kappa shape index (κ1) is 21.4. The van der Waals surface area contributed by atoms with Crippen molar-refractivity contribution in [3.05, 3.63) is 29.8 Å². The first-order valence-corrected chi connectivity index (χ1v) is 10.3. The molecule has 1 aromatic rings. The number of hydrogen-bond acceptors (Lipinski definition) is 3. The van der Waals surface area contributed by atoms with Crippen LogP contribution in [0.4, 0.5) is 5.69 Å². The molecule has 3 fully saturated rings. The normalized spacial score (nSPS) is 23.0. The predicted molar refractivity (Wildman–Crippen MR) is 124 cm³/mol. The minimum absolute atomic E-state index is 0. The highest BCUT2D eigenvalue weighted by atomic mass is 127. The Morgan fingerprint density at radius 1 is 1.14 bits per heavy atom. The van der Waals surface area contributed by atoms with Crippen molar-refractivity contribution in [2.45, 2.75) is 44.7 Å². The van der Waals surface area contributed by atoms with Crippen molar-refractivity contribution in [3.8, 4) is 0 Å². The van der Waals surface area contributed by atoms with Gasteiger partial charge in [0.15, 0.2) is 5.96 Å². The van der Waals surface area contributed by atoms with E-state index in [0.29, 0.717) is 6.42 Å². The fourth-order valence-electron chi connectivity index (χ4n) is 4.16. The van der Waals surface area contributed by atoms with Crippen molar-refractivity contribution in [1.29, 1.82) is 0 Å². The summed E-state index contributed by atoms with van der Waals surface area (Å²) in [5.74, 6) is 1.82. The summed E-state index contributed by atoms with van der Waals surface area (Å²) < 4.78 is 0. The second kappa shape index (κ2) is 9.91. The van der Waals surface area contributed by atoms with E-state index in [1.165, 1.54) is 37.9 Å². The molecular weight excluding hydrogens is 465 g/mol. The van der Waals surface area contributed by atoms with Gasteiger partial charge in [-0.3, -0.25) is 9.79 Å². The van der Waals surface area contributed by atoms with Crippen LogP contribution < -0.4 is 15.5 Å². The first-order valence-electron chi connectivity index (χ1n) is 10.3. The second-order valence-electron chi connectivity index (χ2n) is 8.00. The summed E-state index contributed by atoms with van der Waals surface area (Å²) in [5, 5.41) is 6.88. The molecule has 7 heteroatoms. The van der Waals surface area contributed by atoms with Crippen LogP contribution in [0, 0.1) is 5.92 Å². The smallest absolute Gasteiger partial charge is 0.227 e. The molecule has 2 saturated heterocycles. The van der Waals surface area contributed by atoms with Crippen molar-refractivity contribution in [3.63, 3.8) is 0 Å². The van der Waals surface area contributed by atoms with Crippen molar-refractivity contribution < 1.29 is 4.79 Å². The molecule has 1 aliphatic carbocycles. The molecular formula is C21H32IN5O. The number of hydrogen-bond donors (Lipinski definition) is 2. The van der Waals surface area contributed by atoms with Crippen LogP contribution in [-0.2, 0) is 11.3 Å². The molecule has 6 nitrogen and oxygen atoms in total. The van der Waals surface area contributed by atoms with Crippen molar-refractivity contribution in [2.75, 3.05) is 38.1 Å². The van der Waals surface area contributed by atoms with Crippen LogP contribution in [-0.4, -0.2) is 56.0 Å². The lowest BCUT2D eigenvalue weighted by atomic mass is 10.1. The minimum Gasteiger partial charge on any atom is -0.356 e. The number of likely N-dealkylation sites (tertiary alicyclic amines) is 1. The Bertz CT molecular complexity index is 689. The Hall–Kier alpha value is -1.35. The molecule has 2 heterocycles. The van der Waals surface area contributed by atoms with E-state index in [4.69, 9.17) is 0 Å². The van der Waals surface area contributed by atoms with E-state index in [0.717, 1.165) is 49.7 Å². The van der Waals surface area contributed by atoms with Crippen molar-refractivity contribution >= 4 is 41.5 Å². The standard InChI is InChI=1S/C21H31N5O.HI/c1-22-21(24-14-17-10-12-25(15-17)18-8-9-18)23-13-16-4-6-19(7-5-16)26-11-2-3-20(26)27;/h4-7,17-18H,2-3,8-15H2,1H3,(H2,22,23,24);1H. The van der Waals surface area contributed by atoms with Crippen LogP contribution in [0.3, 0.4) is 0 Å². The number of carbonyl (C=O) groups excluding carboxylic acids is 1. The number of nitrogens with one attached hydrogen (secondary N) is 2. The molecule has 2 N–H and O–H groups in total. The molecule has 1 aromatic carbocycles. The molecule has 1 amide bonds. The zero-order valence-corrected chi connectivity index (χ0v) is 19.0. The van der Waals surface area contributed by atoms with Crippen LogP contribution in [0.5, 0.6) is 0 Å². The molecule has 0 bridgehead atoms. The van der Waals surface area contributed by atoms with E-state index in [1.807, 2.05) is 24.1 Å². The van der Waals surface area contributed by atoms with Crippen LogP contribution in [0.15, 0.2) is 29.3 Å². The molecule has 1 saturated carbocycles. The molecule has 1 unspecified atom stereocenters. The molecule has 28 heavy (non-hydrogen) atoms. The van der Waals surface area contributed by atoms with Crippen molar-refractivity contribution in [2.24, 2.45) is 10.9 Å². The zero-order valence-electron chi connectivity index (χ0n) is 16.7. The molecule has 154 valence electrons. The van der Waals surface area contributed by atoms with E-state index >= 15 is 0 Å². The Kier molecular flexibility index (Phi) is 7.56. The first-order chi connectivity index (χ1) is 13.2. The highest BCUT2D eigenvalue weighted by Crippen LogP contribution is 2.31. The van der Waals surface area contributed by atoms with Crippen LogP contribution in [0.1, 0.15) is 37.7 Å². The number of amides is 1. The molecule has 4 rings (SSSR count). The fraction of sp³-hybridized carbons (Fsp3) is 0.619. The molecule has 0 spiro atoms. The van der Waals surface area contributed by atoms with E-state index in [9.17, 15) is 4.79 Å². The van der Waals surface area contributed by atoms with Gasteiger partial charge in [0, 0.05) is 51.4 Å². The maximum absolute atomic E-state index is 11.8. The lowest BCUT2D eigenvalue weighted by molar-refractivity contribution is -0.117. The second-order valence-corrected chi connectivity index (χ2v) is 8.00. The van der Waals surface area contributed by atoms with Gasteiger partial charge < -0.3 is 20.4 Å². The van der Waals surface area contributed by atoms with Gasteiger partial charge in [-0.15, -0.1) is 24.0 Å². The number of aliphatic imine (C=N–C) groups is 1. The monoisotopic (exact) mass is 497 g/mol. The fourth-order valence-corrected chi connectivity index (χ4v) is 4.16. The van der Waals surface area contributed by atoms with E-state index in [2.05, 4.69) is 32.7 Å². The average Bonchev–Trinajstić information content (AvgIpc) is 3.28. The predicted octanol–water partition coefficient (Wildman–Crippen LogP) is 2.58. The summed E-state index contributed by atoms with van der Waals surface area (Å²) in [6.07, 6.45) is 5.72. The number of benzene rings is 1.